The fraction of sp³-hybridized carbons (Fsp3) is 0.750. The van der Waals surface area contributed by atoms with Crippen molar-refractivity contribution in [3.8, 4) is 0 Å². The quantitative estimate of drug-likeness (QED) is 0.420. The molecule has 0 heterocycles. The topological polar surface area (TPSA) is 26.3 Å². The van der Waals surface area contributed by atoms with E-state index in [1.165, 1.54) is 20.2 Å². The first-order chi connectivity index (χ1) is 7.06. The van der Waals surface area contributed by atoms with Crippen molar-refractivity contribution >= 4 is 19.2 Å². The molecule has 0 atom stereocenters. The zero-order chi connectivity index (χ0) is 11.9. The van der Waals surface area contributed by atoms with Gasteiger partial charge in [0.05, 0.1) is 0 Å². The Labute approximate surface area is 96.4 Å². The number of hydrogen-bond acceptors (Lipinski definition) is 2. The van der Waals surface area contributed by atoms with Crippen LogP contribution in [0.15, 0.2) is 10.5 Å². The van der Waals surface area contributed by atoms with E-state index in [0.717, 1.165) is 0 Å². The third-order valence-corrected chi connectivity index (χ3v) is 15.8. The molecule has 0 aliphatic heterocycles. The second-order valence-corrected chi connectivity index (χ2v) is 15.4. The van der Waals surface area contributed by atoms with Gasteiger partial charge < -0.3 is 0 Å². The van der Waals surface area contributed by atoms with Gasteiger partial charge >= 0.3 is 96.2 Å². The molecule has 15 heavy (non-hydrogen) atoms. The van der Waals surface area contributed by atoms with Crippen LogP contribution in [-0.4, -0.2) is 25.8 Å². The first-order valence-corrected chi connectivity index (χ1v) is 11.4. The van der Waals surface area contributed by atoms with Crippen LogP contribution in [0.2, 0.25) is 15.8 Å². The molecule has 2 nitrogen and oxygen atoms in total. The van der Waals surface area contributed by atoms with Gasteiger partial charge in [-0.25, -0.2) is 0 Å². The van der Waals surface area contributed by atoms with Crippen molar-refractivity contribution < 1.29 is 9.53 Å². The molecule has 0 aromatic rings. The van der Waals surface area contributed by atoms with Gasteiger partial charge in [0, 0.05) is 0 Å². The van der Waals surface area contributed by atoms with Crippen molar-refractivity contribution in [3.05, 3.63) is 10.5 Å². The van der Waals surface area contributed by atoms with Crippen molar-refractivity contribution in [2.24, 2.45) is 0 Å². The van der Waals surface area contributed by atoms with Crippen molar-refractivity contribution in [2.75, 3.05) is 6.61 Å². The molecule has 0 rings (SSSR count). The Bertz CT molecular complexity index is 222. The summed E-state index contributed by atoms with van der Waals surface area (Å²) >= 11 is -1.89. The molecular weight excluding hydrogens is 249 g/mol. The van der Waals surface area contributed by atoms with Gasteiger partial charge in [-0.2, -0.15) is 0 Å². The van der Waals surface area contributed by atoms with E-state index in [0.29, 0.717) is 6.61 Å². The summed E-state index contributed by atoms with van der Waals surface area (Å²) in [5, 5.41) is 3.78. The summed E-state index contributed by atoms with van der Waals surface area (Å²) in [6.45, 7) is 11.2. The first kappa shape index (κ1) is 14.8. The molecule has 0 aromatic heterocycles. The van der Waals surface area contributed by atoms with Crippen LogP contribution < -0.4 is 0 Å². The van der Waals surface area contributed by atoms with Crippen LogP contribution in [0.3, 0.4) is 0 Å². The average molecular weight is 273 g/mol. The minimum atomic E-state index is -1.89. The number of ether oxygens (including phenoxy) is 1. The molecule has 0 unspecified atom stereocenters. The van der Waals surface area contributed by atoms with Crippen molar-refractivity contribution in [1.29, 1.82) is 0 Å². The Balaban J connectivity index is 4.76. The molecule has 0 fully saturated rings. The Morgan fingerprint density at radius 2 is 1.60 bits per heavy atom. The SMILES string of the molecule is CCOC(=O)/C=[C](\C)[Ge]([CH2]C)([CH2]C)[CH2]C. The number of allylic oxidation sites excluding steroid dienone is 1. The van der Waals surface area contributed by atoms with Gasteiger partial charge in [-0.05, 0) is 0 Å². The third-order valence-electron chi connectivity index (χ3n) is 3.49. The van der Waals surface area contributed by atoms with Crippen LogP contribution in [0.25, 0.3) is 0 Å². The Morgan fingerprint density at radius 3 is 1.93 bits per heavy atom. The van der Waals surface area contributed by atoms with Crippen LogP contribution in [0.5, 0.6) is 0 Å². The third kappa shape index (κ3) is 4.01. The molecule has 0 aromatic carbocycles. The standard InChI is InChI=1S/C12H24GeO2/c1-6-13(7-2,8-3)11(5)10-12(14)15-9-4/h10H,6-9H2,1-5H3/b11-10+. The number of esters is 1. The van der Waals surface area contributed by atoms with E-state index in [2.05, 4.69) is 27.7 Å². The average Bonchev–Trinajstić information content (AvgIpc) is 2.21. The number of carbonyl (C=O) groups excluding carboxylic acids is 1. The van der Waals surface area contributed by atoms with E-state index in [-0.39, 0.29) is 5.97 Å². The molecule has 0 radical (unpaired) electrons. The molecular formula is C12H24GeO2. The summed E-state index contributed by atoms with van der Waals surface area (Å²) in [6, 6.07) is 0. The normalized spacial score (nSPS) is 12.7. The van der Waals surface area contributed by atoms with E-state index in [1.807, 2.05) is 6.92 Å². The zero-order valence-electron chi connectivity index (χ0n) is 10.7. The van der Waals surface area contributed by atoms with E-state index in [1.54, 1.807) is 6.08 Å². The molecule has 0 spiro atoms. The molecule has 0 N–H and O–H groups in total. The van der Waals surface area contributed by atoms with E-state index in [4.69, 9.17) is 4.74 Å². The Kier molecular flexibility index (Phi) is 6.98. The van der Waals surface area contributed by atoms with Gasteiger partial charge in [0.1, 0.15) is 0 Å². The molecule has 3 heteroatoms. The Hall–Kier alpha value is -0.247. The van der Waals surface area contributed by atoms with Crippen LogP contribution in [0, 0.1) is 0 Å². The van der Waals surface area contributed by atoms with Gasteiger partial charge in [0.25, 0.3) is 0 Å². The molecule has 0 saturated heterocycles. The summed E-state index contributed by atoms with van der Waals surface area (Å²) < 4.78 is 6.29. The summed E-state index contributed by atoms with van der Waals surface area (Å²) in [6.07, 6.45) is 1.74. The van der Waals surface area contributed by atoms with Crippen LogP contribution in [0.4, 0.5) is 0 Å². The van der Waals surface area contributed by atoms with E-state index in [9.17, 15) is 4.79 Å². The summed E-state index contributed by atoms with van der Waals surface area (Å²) in [5.41, 5.74) is 0. The maximum atomic E-state index is 11.4. The first-order valence-electron chi connectivity index (χ1n) is 5.91. The van der Waals surface area contributed by atoms with Crippen LogP contribution in [0.1, 0.15) is 34.6 Å². The van der Waals surface area contributed by atoms with Crippen molar-refractivity contribution in [3.63, 3.8) is 0 Å². The van der Waals surface area contributed by atoms with E-state index >= 15 is 0 Å². The fourth-order valence-corrected chi connectivity index (χ4v) is 9.65. The number of carbonyl (C=O) groups is 1. The second-order valence-electron chi connectivity index (χ2n) is 3.92. The number of rotatable bonds is 6. The van der Waals surface area contributed by atoms with Gasteiger partial charge in [-0.15, -0.1) is 0 Å². The molecule has 0 saturated carbocycles. The van der Waals surface area contributed by atoms with E-state index < -0.39 is 13.3 Å². The van der Waals surface area contributed by atoms with Crippen molar-refractivity contribution in [2.45, 2.75) is 50.4 Å². The van der Waals surface area contributed by atoms with Gasteiger partial charge in [0.2, 0.25) is 0 Å². The van der Waals surface area contributed by atoms with Gasteiger partial charge in [-0.1, -0.05) is 0 Å². The molecule has 0 aliphatic rings. The predicted molar refractivity (Wildman–Crippen MR) is 67.6 cm³/mol. The molecule has 88 valence electrons. The van der Waals surface area contributed by atoms with Crippen molar-refractivity contribution in [1.82, 2.24) is 0 Å². The van der Waals surface area contributed by atoms with Crippen LogP contribution >= 0.6 is 0 Å². The summed E-state index contributed by atoms with van der Waals surface area (Å²) in [5.74, 6) is -0.166. The Morgan fingerprint density at radius 1 is 1.13 bits per heavy atom. The molecule has 0 amide bonds. The fourth-order valence-electron chi connectivity index (χ4n) is 2.10. The van der Waals surface area contributed by atoms with Gasteiger partial charge in [-0.3, -0.25) is 0 Å². The second kappa shape index (κ2) is 7.10. The minimum absolute atomic E-state index is 0.166. The monoisotopic (exact) mass is 274 g/mol. The summed E-state index contributed by atoms with van der Waals surface area (Å²) in [4.78, 5) is 11.4. The molecule has 0 aliphatic carbocycles. The summed E-state index contributed by atoms with van der Waals surface area (Å²) in [7, 11) is 0. The maximum absolute atomic E-state index is 11.4. The van der Waals surface area contributed by atoms with Crippen LogP contribution in [-0.2, 0) is 9.53 Å². The molecule has 0 bridgehead atoms. The number of hydrogen-bond donors (Lipinski definition) is 0. The van der Waals surface area contributed by atoms with Gasteiger partial charge in [0.15, 0.2) is 0 Å². The zero-order valence-corrected chi connectivity index (χ0v) is 12.8. The predicted octanol–water partition coefficient (Wildman–Crippen LogP) is 3.54.